The molecule has 3 unspecified atom stereocenters. The lowest BCUT2D eigenvalue weighted by molar-refractivity contribution is 0.0795. The topological polar surface area (TPSA) is 42.2 Å². The van der Waals surface area contributed by atoms with Crippen molar-refractivity contribution in [1.82, 2.24) is 9.88 Å². The molecule has 0 amide bonds. The van der Waals surface area contributed by atoms with Crippen molar-refractivity contribution >= 4 is 0 Å². The molecule has 3 atom stereocenters. The first kappa shape index (κ1) is 13.5. The molecule has 0 bridgehead atoms. The van der Waals surface area contributed by atoms with Gasteiger partial charge in [-0.2, -0.15) is 0 Å². The summed E-state index contributed by atoms with van der Waals surface area (Å²) >= 11 is 0. The maximum absolute atomic E-state index is 6.25. The molecule has 2 heterocycles. The van der Waals surface area contributed by atoms with E-state index in [2.05, 4.69) is 29.8 Å². The molecule has 3 nitrogen and oxygen atoms in total. The van der Waals surface area contributed by atoms with Crippen LogP contribution in [0, 0.1) is 0 Å². The molecule has 1 saturated heterocycles. The van der Waals surface area contributed by atoms with Crippen LogP contribution >= 0.6 is 0 Å². The van der Waals surface area contributed by atoms with E-state index in [-0.39, 0.29) is 6.04 Å². The van der Waals surface area contributed by atoms with Crippen molar-refractivity contribution in [3.63, 3.8) is 0 Å². The van der Waals surface area contributed by atoms with Crippen molar-refractivity contribution < 1.29 is 0 Å². The number of nitrogens with zero attached hydrogens (tertiary/aromatic N) is 2. The van der Waals surface area contributed by atoms with Crippen LogP contribution in [-0.4, -0.2) is 28.5 Å². The Morgan fingerprint density at radius 1 is 1.50 bits per heavy atom. The van der Waals surface area contributed by atoms with E-state index < -0.39 is 0 Å². The molecule has 0 aromatic carbocycles. The van der Waals surface area contributed by atoms with Crippen LogP contribution in [0.4, 0.5) is 0 Å². The Hall–Kier alpha value is -0.930. The Balaban J connectivity index is 2.24. The van der Waals surface area contributed by atoms with Crippen LogP contribution in [0.5, 0.6) is 0 Å². The zero-order valence-corrected chi connectivity index (χ0v) is 11.5. The third-order valence-electron chi connectivity index (χ3n) is 4.03. The number of hydrogen-bond acceptors (Lipinski definition) is 3. The summed E-state index contributed by atoms with van der Waals surface area (Å²) in [5.41, 5.74) is 7.50. The van der Waals surface area contributed by atoms with Gasteiger partial charge in [-0.3, -0.25) is 9.88 Å². The third kappa shape index (κ3) is 2.90. The molecule has 1 aromatic rings. The molecule has 1 aliphatic rings. The van der Waals surface area contributed by atoms with Crippen LogP contribution in [0.25, 0.3) is 0 Å². The van der Waals surface area contributed by atoms with Gasteiger partial charge in [0.1, 0.15) is 0 Å². The summed E-state index contributed by atoms with van der Waals surface area (Å²) in [5, 5.41) is 0. The molecular formula is C15H25N3. The number of nitrogens with two attached hydrogens (primary N) is 1. The van der Waals surface area contributed by atoms with E-state index in [9.17, 15) is 0 Å². The maximum Gasteiger partial charge on any atom is 0.0514 e. The van der Waals surface area contributed by atoms with Crippen LogP contribution < -0.4 is 5.73 Å². The summed E-state index contributed by atoms with van der Waals surface area (Å²) in [6.45, 7) is 5.56. The Morgan fingerprint density at radius 2 is 2.33 bits per heavy atom. The normalized spacial score (nSPS) is 24.7. The number of likely N-dealkylation sites (tertiary alicyclic amines) is 1. The van der Waals surface area contributed by atoms with Crippen molar-refractivity contribution in [1.29, 1.82) is 0 Å². The van der Waals surface area contributed by atoms with Gasteiger partial charge in [0.25, 0.3) is 0 Å². The van der Waals surface area contributed by atoms with Gasteiger partial charge < -0.3 is 5.73 Å². The number of pyridine rings is 1. The summed E-state index contributed by atoms with van der Waals surface area (Å²) in [6.07, 6.45) is 8.96. The minimum atomic E-state index is 0.140. The summed E-state index contributed by atoms with van der Waals surface area (Å²) in [6, 6.07) is 5.29. The van der Waals surface area contributed by atoms with Gasteiger partial charge in [-0.05, 0) is 44.4 Å². The fourth-order valence-electron chi connectivity index (χ4n) is 3.18. The van der Waals surface area contributed by atoms with Crippen LogP contribution in [0.2, 0.25) is 0 Å². The highest BCUT2D eigenvalue weighted by Gasteiger charge is 2.30. The third-order valence-corrected chi connectivity index (χ3v) is 4.03. The Labute approximate surface area is 110 Å². The lowest BCUT2D eigenvalue weighted by atomic mass is 9.92. The van der Waals surface area contributed by atoms with E-state index in [1.165, 1.54) is 37.8 Å². The molecule has 1 aliphatic heterocycles. The Bertz CT molecular complexity index is 350. The van der Waals surface area contributed by atoms with E-state index in [1.807, 2.05) is 18.5 Å². The number of hydrogen-bond donors (Lipinski definition) is 1. The monoisotopic (exact) mass is 247 g/mol. The number of aromatic nitrogens is 1. The Morgan fingerprint density at radius 3 is 2.94 bits per heavy atom. The second-order valence-corrected chi connectivity index (χ2v) is 5.39. The van der Waals surface area contributed by atoms with Crippen molar-refractivity contribution in [3.8, 4) is 0 Å². The van der Waals surface area contributed by atoms with Gasteiger partial charge in [-0.1, -0.05) is 19.4 Å². The van der Waals surface area contributed by atoms with Crippen molar-refractivity contribution in [3.05, 3.63) is 30.1 Å². The van der Waals surface area contributed by atoms with E-state index in [0.717, 1.165) is 0 Å². The summed E-state index contributed by atoms with van der Waals surface area (Å²) < 4.78 is 0. The van der Waals surface area contributed by atoms with Crippen LogP contribution in [0.3, 0.4) is 0 Å². The lowest BCUT2D eigenvalue weighted by Gasteiger charge is -2.42. The van der Waals surface area contributed by atoms with E-state index in [4.69, 9.17) is 5.73 Å². The first-order valence-corrected chi connectivity index (χ1v) is 7.15. The second-order valence-electron chi connectivity index (χ2n) is 5.39. The number of rotatable bonds is 4. The lowest BCUT2D eigenvalue weighted by Crippen LogP contribution is -2.47. The molecule has 0 radical (unpaired) electrons. The quantitative estimate of drug-likeness (QED) is 0.889. The molecule has 3 heteroatoms. The average molecular weight is 247 g/mol. The van der Waals surface area contributed by atoms with Gasteiger partial charge in [0, 0.05) is 24.5 Å². The van der Waals surface area contributed by atoms with E-state index in [0.29, 0.717) is 12.1 Å². The molecule has 0 spiro atoms. The summed E-state index contributed by atoms with van der Waals surface area (Å²) in [7, 11) is 0. The molecule has 1 aromatic heterocycles. The minimum absolute atomic E-state index is 0.140. The molecule has 18 heavy (non-hydrogen) atoms. The smallest absolute Gasteiger partial charge is 0.0514 e. The molecule has 1 fully saturated rings. The standard InChI is InChI=1S/C15H25N3/c1-3-14-8-4-5-10-18(14)15(12(2)16)13-7-6-9-17-11-13/h6-7,9,11-12,14-15H,3-5,8,10,16H2,1-2H3. The molecule has 100 valence electrons. The summed E-state index contributed by atoms with van der Waals surface area (Å²) in [4.78, 5) is 6.85. The SMILES string of the molecule is CCC1CCCCN1C(c1cccnc1)C(C)N. The van der Waals surface area contributed by atoms with Crippen LogP contribution in [0.15, 0.2) is 24.5 Å². The zero-order valence-electron chi connectivity index (χ0n) is 11.5. The first-order chi connectivity index (χ1) is 8.74. The van der Waals surface area contributed by atoms with E-state index in [1.54, 1.807) is 0 Å². The highest BCUT2D eigenvalue weighted by atomic mass is 15.2. The summed E-state index contributed by atoms with van der Waals surface area (Å²) in [5.74, 6) is 0. The van der Waals surface area contributed by atoms with Crippen molar-refractivity contribution in [2.24, 2.45) is 5.73 Å². The minimum Gasteiger partial charge on any atom is -0.326 e. The number of piperidine rings is 1. The van der Waals surface area contributed by atoms with Gasteiger partial charge in [0.2, 0.25) is 0 Å². The van der Waals surface area contributed by atoms with E-state index >= 15 is 0 Å². The molecule has 0 aliphatic carbocycles. The highest BCUT2D eigenvalue weighted by molar-refractivity contribution is 5.16. The predicted molar refractivity (Wildman–Crippen MR) is 75.3 cm³/mol. The van der Waals surface area contributed by atoms with Gasteiger partial charge >= 0.3 is 0 Å². The van der Waals surface area contributed by atoms with Crippen LogP contribution in [0.1, 0.15) is 51.1 Å². The average Bonchev–Trinajstić information content (AvgIpc) is 2.40. The molecule has 2 N–H and O–H groups in total. The molecule has 0 saturated carbocycles. The maximum atomic E-state index is 6.25. The highest BCUT2D eigenvalue weighted by Crippen LogP contribution is 2.31. The first-order valence-electron chi connectivity index (χ1n) is 7.15. The predicted octanol–water partition coefficient (Wildman–Crippen LogP) is 2.73. The Kier molecular flexibility index (Phi) is 4.72. The molecular weight excluding hydrogens is 222 g/mol. The van der Waals surface area contributed by atoms with Gasteiger partial charge in [0.05, 0.1) is 6.04 Å². The largest absolute Gasteiger partial charge is 0.326 e. The second kappa shape index (κ2) is 6.30. The van der Waals surface area contributed by atoms with Gasteiger partial charge in [0.15, 0.2) is 0 Å². The van der Waals surface area contributed by atoms with Gasteiger partial charge in [-0.15, -0.1) is 0 Å². The fourth-order valence-corrected chi connectivity index (χ4v) is 3.18. The molecule has 2 rings (SSSR count). The van der Waals surface area contributed by atoms with Crippen LogP contribution in [-0.2, 0) is 0 Å². The van der Waals surface area contributed by atoms with Crippen molar-refractivity contribution in [2.45, 2.75) is 57.7 Å². The fraction of sp³-hybridized carbons (Fsp3) is 0.667. The van der Waals surface area contributed by atoms with Crippen molar-refractivity contribution in [2.75, 3.05) is 6.54 Å². The van der Waals surface area contributed by atoms with Gasteiger partial charge in [-0.25, -0.2) is 0 Å². The zero-order chi connectivity index (χ0) is 13.0.